The minimum atomic E-state index is 0.358. The first-order valence-corrected chi connectivity index (χ1v) is 7.36. The highest BCUT2D eigenvalue weighted by Gasteiger charge is 2.15. The number of rotatable bonds is 5. The zero-order chi connectivity index (χ0) is 14.7. The fourth-order valence-corrected chi connectivity index (χ4v) is 2.69. The average Bonchev–Trinajstić information content (AvgIpc) is 3.17. The van der Waals surface area contributed by atoms with Crippen molar-refractivity contribution in [2.75, 3.05) is 7.11 Å². The Morgan fingerprint density at radius 2 is 2.10 bits per heavy atom. The summed E-state index contributed by atoms with van der Waals surface area (Å²) < 4.78 is 6.93. The molecular weight excluding hydrogens is 286 g/mol. The number of ether oxygens (including phenoxy) is 1. The molecule has 0 aliphatic rings. The SMILES string of the molecule is COc1ccc(Cc2c(CN)nnn2-c2nccs2)cc1. The number of thiazole rings is 1. The maximum Gasteiger partial charge on any atom is 0.211 e. The maximum atomic E-state index is 5.76. The van der Waals surface area contributed by atoms with Gasteiger partial charge >= 0.3 is 0 Å². The normalized spacial score (nSPS) is 10.8. The molecule has 1 aromatic carbocycles. The van der Waals surface area contributed by atoms with Crippen LogP contribution < -0.4 is 10.5 Å². The molecule has 3 aromatic rings. The lowest BCUT2D eigenvalue weighted by Crippen LogP contribution is -2.06. The predicted octanol–water partition coefficient (Wildman–Crippen LogP) is 1.78. The van der Waals surface area contributed by atoms with Crippen LogP contribution in [0.5, 0.6) is 5.75 Å². The molecule has 0 amide bonds. The van der Waals surface area contributed by atoms with Crippen LogP contribution >= 0.6 is 11.3 Å². The van der Waals surface area contributed by atoms with E-state index in [9.17, 15) is 0 Å². The van der Waals surface area contributed by atoms with Gasteiger partial charge in [0, 0.05) is 24.5 Å². The third-order valence-electron chi connectivity index (χ3n) is 3.17. The highest BCUT2D eigenvalue weighted by Crippen LogP contribution is 2.20. The number of nitrogens with zero attached hydrogens (tertiary/aromatic N) is 4. The monoisotopic (exact) mass is 301 g/mol. The Morgan fingerprint density at radius 1 is 1.29 bits per heavy atom. The molecule has 0 fully saturated rings. The quantitative estimate of drug-likeness (QED) is 0.777. The first-order chi connectivity index (χ1) is 10.3. The highest BCUT2D eigenvalue weighted by molar-refractivity contribution is 7.12. The lowest BCUT2D eigenvalue weighted by atomic mass is 10.1. The number of aromatic nitrogens is 4. The Balaban J connectivity index is 1.94. The summed E-state index contributed by atoms with van der Waals surface area (Å²) in [7, 11) is 1.66. The summed E-state index contributed by atoms with van der Waals surface area (Å²) in [4.78, 5) is 4.28. The van der Waals surface area contributed by atoms with E-state index in [1.54, 1.807) is 18.0 Å². The fourth-order valence-electron chi connectivity index (χ4n) is 2.08. The predicted molar refractivity (Wildman–Crippen MR) is 80.7 cm³/mol. The van der Waals surface area contributed by atoms with Crippen molar-refractivity contribution in [2.24, 2.45) is 5.73 Å². The molecule has 7 heteroatoms. The molecule has 2 aromatic heterocycles. The molecule has 6 nitrogen and oxygen atoms in total. The standard InChI is InChI=1S/C14H15N5OS/c1-20-11-4-2-10(3-5-11)8-13-12(9-15)17-18-19(13)14-16-6-7-21-14/h2-7H,8-9,15H2,1H3. The summed E-state index contributed by atoms with van der Waals surface area (Å²) in [5.74, 6) is 0.837. The first-order valence-electron chi connectivity index (χ1n) is 6.48. The van der Waals surface area contributed by atoms with E-state index in [1.165, 1.54) is 11.3 Å². The van der Waals surface area contributed by atoms with E-state index >= 15 is 0 Å². The number of benzene rings is 1. The van der Waals surface area contributed by atoms with Crippen LogP contribution in [-0.2, 0) is 13.0 Å². The third kappa shape index (κ3) is 2.79. The van der Waals surface area contributed by atoms with Gasteiger partial charge in [-0.3, -0.25) is 0 Å². The highest BCUT2D eigenvalue weighted by atomic mass is 32.1. The Kier molecular flexibility index (Phi) is 3.94. The number of nitrogens with two attached hydrogens (primary N) is 1. The van der Waals surface area contributed by atoms with Gasteiger partial charge in [0.1, 0.15) is 11.4 Å². The molecule has 3 rings (SSSR count). The second-order valence-electron chi connectivity index (χ2n) is 4.44. The molecule has 2 heterocycles. The van der Waals surface area contributed by atoms with E-state index in [1.807, 2.05) is 29.6 Å². The molecule has 0 atom stereocenters. The van der Waals surface area contributed by atoms with E-state index in [-0.39, 0.29) is 0 Å². The summed E-state index contributed by atoms with van der Waals surface area (Å²) in [6.45, 7) is 0.358. The first kappa shape index (κ1) is 13.7. The van der Waals surface area contributed by atoms with Crippen LogP contribution in [0.15, 0.2) is 35.8 Å². The maximum absolute atomic E-state index is 5.76. The lowest BCUT2D eigenvalue weighted by Gasteiger charge is -2.06. The minimum Gasteiger partial charge on any atom is -0.497 e. The van der Waals surface area contributed by atoms with Gasteiger partial charge in [-0.2, -0.15) is 4.68 Å². The summed E-state index contributed by atoms with van der Waals surface area (Å²) in [5, 5.41) is 11.0. The van der Waals surface area contributed by atoms with Crippen molar-refractivity contribution in [1.29, 1.82) is 0 Å². The van der Waals surface area contributed by atoms with Gasteiger partial charge in [0.05, 0.1) is 12.8 Å². The van der Waals surface area contributed by atoms with Crippen molar-refractivity contribution < 1.29 is 4.74 Å². The second kappa shape index (κ2) is 6.02. The van der Waals surface area contributed by atoms with Crippen molar-refractivity contribution in [1.82, 2.24) is 20.0 Å². The van der Waals surface area contributed by atoms with Gasteiger partial charge in [-0.25, -0.2) is 4.98 Å². The van der Waals surface area contributed by atoms with Gasteiger partial charge < -0.3 is 10.5 Å². The summed E-state index contributed by atoms with van der Waals surface area (Å²) in [6.07, 6.45) is 2.45. The molecule has 0 saturated heterocycles. The molecule has 108 valence electrons. The van der Waals surface area contributed by atoms with E-state index in [0.29, 0.717) is 13.0 Å². The Hall–Kier alpha value is -2.25. The molecule has 0 aliphatic carbocycles. The summed E-state index contributed by atoms with van der Waals surface area (Å²) in [5.41, 5.74) is 8.67. The molecule has 21 heavy (non-hydrogen) atoms. The van der Waals surface area contributed by atoms with Crippen molar-refractivity contribution in [3.05, 3.63) is 52.8 Å². The van der Waals surface area contributed by atoms with Crippen molar-refractivity contribution in [3.63, 3.8) is 0 Å². The number of hydrogen-bond donors (Lipinski definition) is 1. The van der Waals surface area contributed by atoms with Crippen LogP contribution in [0.2, 0.25) is 0 Å². The van der Waals surface area contributed by atoms with Gasteiger partial charge in [0.2, 0.25) is 5.13 Å². The molecule has 0 radical (unpaired) electrons. The zero-order valence-electron chi connectivity index (χ0n) is 11.6. The summed E-state index contributed by atoms with van der Waals surface area (Å²) in [6, 6.07) is 7.93. The van der Waals surface area contributed by atoms with Crippen LogP contribution in [0.4, 0.5) is 0 Å². The van der Waals surface area contributed by atoms with Gasteiger partial charge in [0.15, 0.2) is 0 Å². The molecule has 0 aliphatic heterocycles. The molecular formula is C14H15N5OS. The Morgan fingerprint density at radius 3 is 2.71 bits per heavy atom. The van der Waals surface area contributed by atoms with Gasteiger partial charge in [-0.15, -0.1) is 16.4 Å². The van der Waals surface area contributed by atoms with Crippen LogP contribution in [0.25, 0.3) is 5.13 Å². The molecule has 0 unspecified atom stereocenters. The average molecular weight is 301 g/mol. The van der Waals surface area contributed by atoms with E-state index in [4.69, 9.17) is 10.5 Å². The second-order valence-corrected chi connectivity index (χ2v) is 5.31. The topological polar surface area (TPSA) is 78.9 Å². The number of methoxy groups -OCH3 is 1. The lowest BCUT2D eigenvalue weighted by molar-refractivity contribution is 0.414. The van der Waals surface area contributed by atoms with Crippen molar-refractivity contribution >= 4 is 11.3 Å². The largest absolute Gasteiger partial charge is 0.497 e. The molecule has 0 saturated carbocycles. The number of hydrogen-bond acceptors (Lipinski definition) is 6. The Bertz CT molecular complexity index is 706. The van der Waals surface area contributed by atoms with Crippen molar-refractivity contribution in [3.8, 4) is 10.9 Å². The van der Waals surface area contributed by atoms with Gasteiger partial charge in [0.25, 0.3) is 0 Å². The molecule has 2 N–H and O–H groups in total. The molecule has 0 spiro atoms. The fraction of sp³-hybridized carbons (Fsp3) is 0.214. The smallest absolute Gasteiger partial charge is 0.211 e. The zero-order valence-corrected chi connectivity index (χ0v) is 12.4. The van der Waals surface area contributed by atoms with Crippen LogP contribution in [0, 0.1) is 0 Å². The Labute approximate surface area is 126 Å². The van der Waals surface area contributed by atoms with Gasteiger partial charge in [-0.1, -0.05) is 17.3 Å². The third-order valence-corrected chi connectivity index (χ3v) is 3.92. The minimum absolute atomic E-state index is 0.358. The van der Waals surface area contributed by atoms with Crippen LogP contribution in [0.1, 0.15) is 17.0 Å². The van der Waals surface area contributed by atoms with Crippen LogP contribution in [-0.4, -0.2) is 27.1 Å². The van der Waals surface area contributed by atoms with E-state index in [2.05, 4.69) is 15.3 Å². The van der Waals surface area contributed by atoms with Crippen molar-refractivity contribution in [2.45, 2.75) is 13.0 Å². The van der Waals surface area contributed by atoms with Gasteiger partial charge in [-0.05, 0) is 17.7 Å². The van der Waals surface area contributed by atoms with E-state index < -0.39 is 0 Å². The summed E-state index contributed by atoms with van der Waals surface area (Å²) >= 11 is 1.52. The van der Waals surface area contributed by atoms with Crippen LogP contribution in [0.3, 0.4) is 0 Å². The molecule has 0 bridgehead atoms. The van der Waals surface area contributed by atoms with E-state index in [0.717, 1.165) is 27.8 Å².